The number of pyridine rings is 1. The van der Waals surface area contributed by atoms with Crippen LogP contribution in [0.3, 0.4) is 0 Å². The second-order valence-electron chi connectivity index (χ2n) is 6.66. The van der Waals surface area contributed by atoms with Gasteiger partial charge in [0.2, 0.25) is 0 Å². The molecule has 0 radical (unpaired) electrons. The number of nitrogens with one attached hydrogen (secondary N) is 2. The fourth-order valence-corrected chi connectivity index (χ4v) is 5.30. The van der Waals surface area contributed by atoms with E-state index in [-0.39, 0.29) is 17.3 Å². The van der Waals surface area contributed by atoms with Gasteiger partial charge in [-0.05, 0) is 55.1 Å². The normalized spacial score (nSPS) is 11.3. The molecular weight excluding hydrogens is 523 g/mol. The number of anilines is 2. The Balaban J connectivity index is 0.00000272. The fourth-order valence-electron chi connectivity index (χ4n) is 3.23. The second kappa shape index (κ2) is 9.58. The Bertz CT molecular complexity index is 1330. The molecule has 0 unspecified atom stereocenters. The van der Waals surface area contributed by atoms with Gasteiger partial charge in [0.05, 0.1) is 16.2 Å². The minimum absolute atomic E-state index is 0. The zero-order chi connectivity index (χ0) is 21.3. The van der Waals surface area contributed by atoms with Gasteiger partial charge in [0.1, 0.15) is 4.90 Å². The van der Waals surface area contributed by atoms with Crippen LogP contribution in [0.25, 0.3) is 10.9 Å². The first-order valence-corrected chi connectivity index (χ1v) is 11.7. The summed E-state index contributed by atoms with van der Waals surface area (Å²) in [6.07, 6.45) is 4.55. The number of nitrogens with zero attached hydrogens (tertiary/aromatic N) is 2. The Hall–Kier alpha value is -2.10. The Labute approximate surface area is 200 Å². The van der Waals surface area contributed by atoms with E-state index in [9.17, 15) is 8.42 Å². The van der Waals surface area contributed by atoms with Gasteiger partial charge in [-0.2, -0.15) is 0 Å². The van der Waals surface area contributed by atoms with Crippen molar-refractivity contribution in [3.05, 3.63) is 82.2 Å². The van der Waals surface area contributed by atoms with E-state index in [0.717, 1.165) is 26.8 Å². The zero-order valence-electron chi connectivity index (χ0n) is 16.3. The molecule has 4 rings (SSSR count). The highest BCUT2D eigenvalue weighted by molar-refractivity contribution is 9.10. The van der Waals surface area contributed by atoms with E-state index in [1.165, 1.54) is 16.2 Å². The molecule has 0 fully saturated rings. The lowest BCUT2D eigenvalue weighted by atomic mass is 10.1. The van der Waals surface area contributed by atoms with Gasteiger partial charge < -0.3 is 10.6 Å². The van der Waals surface area contributed by atoms with Crippen molar-refractivity contribution < 1.29 is 8.42 Å². The molecule has 162 valence electrons. The molecule has 2 N–H and O–H groups in total. The van der Waals surface area contributed by atoms with Crippen LogP contribution in [-0.4, -0.2) is 24.4 Å². The highest BCUT2D eigenvalue weighted by atomic mass is 79.9. The first-order valence-electron chi connectivity index (χ1n) is 9.06. The van der Waals surface area contributed by atoms with Crippen LogP contribution >= 0.6 is 39.9 Å². The van der Waals surface area contributed by atoms with Crippen LogP contribution in [0.4, 0.5) is 11.4 Å². The Morgan fingerprint density at radius 2 is 1.97 bits per heavy atom. The van der Waals surface area contributed by atoms with Crippen molar-refractivity contribution >= 4 is 72.2 Å². The van der Waals surface area contributed by atoms with Crippen LogP contribution < -0.4 is 10.6 Å². The maximum Gasteiger partial charge on any atom is 0.269 e. The van der Waals surface area contributed by atoms with E-state index in [1.807, 2.05) is 31.3 Å². The average molecular weight is 542 g/mol. The van der Waals surface area contributed by atoms with Crippen molar-refractivity contribution in [2.24, 2.45) is 0 Å². The molecule has 31 heavy (non-hydrogen) atoms. The fraction of sp³-hybridized carbons (Fsp3) is 0.0952. The molecule has 0 atom stereocenters. The topological polar surface area (TPSA) is 76.0 Å². The molecule has 0 aliphatic rings. The summed E-state index contributed by atoms with van der Waals surface area (Å²) in [4.78, 5) is 4.09. The van der Waals surface area contributed by atoms with E-state index in [1.54, 1.807) is 30.6 Å². The summed E-state index contributed by atoms with van der Waals surface area (Å²) >= 11 is 9.71. The second-order valence-corrected chi connectivity index (χ2v) is 9.79. The largest absolute Gasteiger partial charge is 0.354 e. The van der Waals surface area contributed by atoms with Gasteiger partial charge in [-0.1, -0.05) is 33.6 Å². The molecule has 0 amide bonds. The van der Waals surface area contributed by atoms with Crippen molar-refractivity contribution in [1.82, 2.24) is 14.3 Å². The van der Waals surface area contributed by atoms with Crippen molar-refractivity contribution in [2.75, 3.05) is 12.4 Å². The van der Waals surface area contributed by atoms with Crippen LogP contribution in [0.2, 0.25) is 5.02 Å². The highest BCUT2D eigenvalue weighted by Gasteiger charge is 2.21. The molecule has 0 aliphatic carbocycles. The van der Waals surface area contributed by atoms with Gasteiger partial charge in [-0.25, -0.2) is 12.4 Å². The van der Waals surface area contributed by atoms with Gasteiger partial charge in [0.25, 0.3) is 10.0 Å². The molecule has 2 heterocycles. The van der Waals surface area contributed by atoms with Crippen LogP contribution in [0, 0.1) is 0 Å². The van der Waals surface area contributed by atoms with Crippen LogP contribution in [0.1, 0.15) is 5.56 Å². The standard InChI is InChI=1S/C21H18BrClN4O2S.ClH/c1-24-11-14-13-27(30(28,29)17-3-2-8-25-12-17)21-10-16(5-6-18(14)21)26-20-7-4-15(22)9-19(20)23;/h2-10,12-13,24,26H,11H2,1H3;1H. The number of hydrogen-bond donors (Lipinski definition) is 2. The van der Waals surface area contributed by atoms with E-state index in [0.29, 0.717) is 17.1 Å². The van der Waals surface area contributed by atoms with Crippen molar-refractivity contribution in [3.63, 3.8) is 0 Å². The SMILES string of the molecule is CNCc1cn(S(=O)(=O)c2cccnc2)c2cc(Nc3ccc(Br)cc3Cl)ccc12.Cl. The first-order chi connectivity index (χ1) is 14.4. The van der Waals surface area contributed by atoms with Gasteiger partial charge in [-0.3, -0.25) is 4.98 Å². The predicted octanol–water partition coefficient (Wildman–Crippen LogP) is 5.57. The summed E-state index contributed by atoms with van der Waals surface area (Å²) in [6, 6.07) is 14.3. The van der Waals surface area contributed by atoms with Gasteiger partial charge >= 0.3 is 0 Å². The number of rotatable bonds is 6. The molecule has 0 aliphatic heterocycles. The monoisotopic (exact) mass is 540 g/mol. The van der Waals surface area contributed by atoms with Gasteiger partial charge in [0, 0.05) is 40.7 Å². The number of aromatic nitrogens is 2. The molecule has 0 bridgehead atoms. The summed E-state index contributed by atoms with van der Waals surface area (Å²) in [5.41, 5.74) is 2.90. The van der Waals surface area contributed by atoms with Crippen LogP contribution in [0.5, 0.6) is 0 Å². The van der Waals surface area contributed by atoms with E-state index in [4.69, 9.17) is 11.6 Å². The molecule has 6 nitrogen and oxygen atoms in total. The van der Waals surface area contributed by atoms with E-state index < -0.39 is 10.0 Å². The molecule has 0 spiro atoms. The molecule has 2 aromatic heterocycles. The Kier molecular flexibility index (Phi) is 7.28. The smallest absolute Gasteiger partial charge is 0.269 e. The molecule has 0 saturated heterocycles. The molecule has 4 aromatic rings. The van der Waals surface area contributed by atoms with Crippen LogP contribution in [0.15, 0.2) is 76.5 Å². The summed E-state index contributed by atoms with van der Waals surface area (Å²) in [5.74, 6) is 0. The molecule has 0 saturated carbocycles. The number of halogens is 3. The van der Waals surface area contributed by atoms with E-state index >= 15 is 0 Å². The Morgan fingerprint density at radius 1 is 1.16 bits per heavy atom. The average Bonchev–Trinajstić information content (AvgIpc) is 3.10. The minimum Gasteiger partial charge on any atom is -0.354 e. The lowest BCUT2D eigenvalue weighted by Crippen LogP contribution is -2.12. The van der Waals surface area contributed by atoms with Crippen LogP contribution in [-0.2, 0) is 16.6 Å². The number of hydrogen-bond acceptors (Lipinski definition) is 5. The third-order valence-corrected chi connectivity index (χ3v) is 7.09. The maximum atomic E-state index is 13.3. The summed E-state index contributed by atoms with van der Waals surface area (Å²) in [5, 5.41) is 7.76. The van der Waals surface area contributed by atoms with Crippen molar-refractivity contribution in [3.8, 4) is 0 Å². The van der Waals surface area contributed by atoms with Gasteiger partial charge in [0.15, 0.2) is 0 Å². The maximum absolute atomic E-state index is 13.3. The summed E-state index contributed by atoms with van der Waals surface area (Å²) in [7, 11) is -1.98. The molecule has 2 aromatic carbocycles. The van der Waals surface area contributed by atoms with E-state index in [2.05, 4.69) is 31.5 Å². The Morgan fingerprint density at radius 3 is 2.65 bits per heavy atom. The highest BCUT2D eigenvalue weighted by Crippen LogP contribution is 2.32. The first kappa shape index (κ1) is 23.6. The quantitative estimate of drug-likeness (QED) is 0.333. The lowest BCUT2D eigenvalue weighted by Gasteiger charge is -2.11. The third-order valence-electron chi connectivity index (χ3n) is 4.62. The number of fused-ring (bicyclic) bond motifs is 1. The molecular formula is C21H19BrCl2N4O2S. The molecule has 10 heteroatoms. The predicted molar refractivity (Wildman–Crippen MR) is 131 cm³/mol. The van der Waals surface area contributed by atoms with Crippen molar-refractivity contribution in [1.29, 1.82) is 0 Å². The minimum atomic E-state index is -3.80. The lowest BCUT2D eigenvalue weighted by molar-refractivity contribution is 0.588. The number of benzene rings is 2. The third kappa shape index (κ3) is 4.73. The van der Waals surface area contributed by atoms with Crippen molar-refractivity contribution in [2.45, 2.75) is 11.4 Å². The summed E-state index contributed by atoms with van der Waals surface area (Å²) in [6.45, 7) is 0.539. The zero-order valence-corrected chi connectivity index (χ0v) is 20.3. The summed E-state index contributed by atoms with van der Waals surface area (Å²) < 4.78 is 28.7. The van der Waals surface area contributed by atoms with Gasteiger partial charge in [-0.15, -0.1) is 12.4 Å².